The lowest BCUT2D eigenvalue weighted by Gasteiger charge is -2.23. The molecule has 3 rings (SSSR count). The molecule has 2 aromatic rings. The molecule has 2 aromatic carbocycles. The van der Waals surface area contributed by atoms with E-state index in [-0.39, 0.29) is 30.9 Å². The molecule has 0 saturated carbocycles. The van der Waals surface area contributed by atoms with E-state index in [1.807, 2.05) is 32.0 Å². The second-order valence-corrected chi connectivity index (χ2v) is 7.51. The van der Waals surface area contributed by atoms with Gasteiger partial charge in [0.15, 0.2) is 0 Å². The van der Waals surface area contributed by atoms with Crippen molar-refractivity contribution in [1.29, 1.82) is 0 Å². The van der Waals surface area contributed by atoms with E-state index in [0.717, 1.165) is 6.42 Å². The fraction of sp³-hybridized carbons (Fsp3) is 0.286. The quantitative estimate of drug-likeness (QED) is 0.795. The first-order chi connectivity index (χ1) is 13.4. The molecule has 146 valence electrons. The van der Waals surface area contributed by atoms with Crippen LogP contribution in [0.5, 0.6) is 0 Å². The molecule has 7 heteroatoms. The topological polar surface area (TPSA) is 61.8 Å². The summed E-state index contributed by atoms with van der Waals surface area (Å²) < 4.78 is 0. The Kier molecular flexibility index (Phi) is 6.37. The number of rotatable bonds is 5. The summed E-state index contributed by atoms with van der Waals surface area (Å²) in [5, 5.41) is 3.94. The van der Waals surface area contributed by atoms with Gasteiger partial charge < -0.3 is 10.2 Å². The van der Waals surface area contributed by atoms with E-state index >= 15 is 0 Å². The van der Waals surface area contributed by atoms with Crippen molar-refractivity contribution in [3.05, 3.63) is 63.6 Å². The first-order valence-corrected chi connectivity index (χ1v) is 9.85. The van der Waals surface area contributed by atoms with Crippen LogP contribution >= 0.6 is 23.2 Å². The average molecular weight is 418 g/mol. The number of aliphatic imine (C=N–C) groups is 1. The third-order valence-corrected chi connectivity index (χ3v) is 5.19. The van der Waals surface area contributed by atoms with Crippen molar-refractivity contribution in [2.75, 3.05) is 18.0 Å². The van der Waals surface area contributed by atoms with Crippen molar-refractivity contribution in [2.24, 2.45) is 4.99 Å². The zero-order valence-electron chi connectivity index (χ0n) is 15.7. The maximum Gasteiger partial charge on any atom is 0.249 e. The van der Waals surface area contributed by atoms with Crippen LogP contribution in [0.4, 0.5) is 5.69 Å². The molecule has 0 aromatic heterocycles. The smallest absolute Gasteiger partial charge is 0.249 e. The number of halogens is 2. The van der Waals surface area contributed by atoms with Crippen molar-refractivity contribution in [2.45, 2.75) is 26.3 Å². The van der Waals surface area contributed by atoms with Crippen molar-refractivity contribution in [3.8, 4) is 0 Å². The minimum atomic E-state index is -0.259. The van der Waals surface area contributed by atoms with Gasteiger partial charge in [-0.1, -0.05) is 48.3 Å². The van der Waals surface area contributed by atoms with Gasteiger partial charge in [-0.3, -0.25) is 14.6 Å². The Bertz CT molecular complexity index is 943. The summed E-state index contributed by atoms with van der Waals surface area (Å²) in [4.78, 5) is 31.2. The van der Waals surface area contributed by atoms with Crippen LogP contribution < -0.4 is 10.2 Å². The number of hydrogen-bond donors (Lipinski definition) is 1. The summed E-state index contributed by atoms with van der Waals surface area (Å²) in [6.07, 6.45) is 0.811. The maximum absolute atomic E-state index is 12.8. The highest BCUT2D eigenvalue weighted by molar-refractivity contribution is 6.37. The third-order valence-electron chi connectivity index (χ3n) is 4.63. The van der Waals surface area contributed by atoms with Gasteiger partial charge in [0.05, 0.1) is 11.4 Å². The van der Waals surface area contributed by atoms with Crippen molar-refractivity contribution in [3.63, 3.8) is 0 Å². The summed E-state index contributed by atoms with van der Waals surface area (Å²) in [7, 11) is 0. The summed E-state index contributed by atoms with van der Waals surface area (Å²) >= 11 is 12.6. The maximum atomic E-state index is 12.8. The van der Waals surface area contributed by atoms with Gasteiger partial charge in [0.2, 0.25) is 11.8 Å². The SMILES string of the molecule is CCC(C)NC(=O)CN1C(=O)CN=C(c2ccccc2Cl)c2cc(Cl)ccc21. The Labute approximate surface area is 174 Å². The van der Waals surface area contributed by atoms with Crippen LogP contribution in [0.25, 0.3) is 0 Å². The van der Waals surface area contributed by atoms with Crippen LogP contribution in [0.1, 0.15) is 31.4 Å². The molecule has 1 heterocycles. The lowest BCUT2D eigenvalue weighted by molar-refractivity contribution is -0.123. The highest BCUT2D eigenvalue weighted by Gasteiger charge is 2.28. The van der Waals surface area contributed by atoms with Gasteiger partial charge in [0.25, 0.3) is 0 Å². The molecule has 28 heavy (non-hydrogen) atoms. The average Bonchev–Trinajstić information content (AvgIpc) is 2.79. The van der Waals surface area contributed by atoms with Crippen LogP contribution in [-0.4, -0.2) is 36.7 Å². The number of nitrogens with one attached hydrogen (secondary N) is 1. The van der Waals surface area contributed by atoms with Gasteiger partial charge in [-0.2, -0.15) is 0 Å². The fourth-order valence-corrected chi connectivity index (χ4v) is 3.41. The number of anilines is 1. The van der Waals surface area contributed by atoms with Crippen molar-refractivity contribution in [1.82, 2.24) is 5.32 Å². The van der Waals surface area contributed by atoms with E-state index in [0.29, 0.717) is 32.6 Å². The Balaban J connectivity index is 2.04. The van der Waals surface area contributed by atoms with E-state index in [1.54, 1.807) is 24.3 Å². The van der Waals surface area contributed by atoms with Crippen LogP contribution in [-0.2, 0) is 9.59 Å². The van der Waals surface area contributed by atoms with E-state index in [4.69, 9.17) is 23.2 Å². The summed E-state index contributed by atoms with van der Waals surface area (Å²) in [6.45, 7) is 3.75. The Morgan fingerprint density at radius 3 is 2.68 bits per heavy atom. The normalized spacial score (nSPS) is 14.8. The Morgan fingerprint density at radius 1 is 1.21 bits per heavy atom. The van der Waals surface area contributed by atoms with Gasteiger partial charge >= 0.3 is 0 Å². The van der Waals surface area contributed by atoms with Crippen molar-refractivity contribution >= 4 is 46.4 Å². The van der Waals surface area contributed by atoms with E-state index in [2.05, 4.69) is 10.3 Å². The minimum absolute atomic E-state index is 0.0363. The van der Waals surface area contributed by atoms with Gasteiger partial charge in [0, 0.05) is 27.2 Å². The van der Waals surface area contributed by atoms with E-state index in [9.17, 15) is 9.59 Å². The van der Waals surface area contributed by atoms with Gasteiger partial charge in [-0.05, 0) is 37.6 Å². The summed E-state index contributed by atoms with van der Waals surface area (Å²) in [5.41, 5.74) is 2.56. The molecule has 0 fully saturated rings. The molecule has 1 aliphatic rings. The number of amides is 2. The lowest BCUT2D eigenvalue weighted by atomic mass is 10.00. The molecule has 0 radical (unpaired) electrons. The predicted octanol–water partition coefficient (Wildman–Crippen LogP) is 4.09. The largest absolute Gasteiger partial charge is 0.352 e. The predicted molar refractivity (Wildman–Crippen MR) is 114 cm³/mol. The lowest BCUT2D eigenvalue weighted by Crippen LogP contribution is -2.44. The number of carbonyl (C=O) groups is 2. The molecule has 0 saturated heterocycles. The second-order valence-electron chi connectivity index (χ2n) is 6.66. The van der Waals surface area contributed by atoms with Gasteiger partial charge in [-0.25, -0.2) is 0 Å². The number of nitrogens with zero attached hydrogens (tertiary/aromatic N) is 2. The fourth-order valence-electron chi connectivity index (χ4n) is 3.01. The van der Waals surface area contributed by atoms with Crippen LogP contribution in [0, 0.1) is 0 Å². The monoisotopic (exact) mass is 417 g/mol. The molecule has 1 N–H and O–H groups in total. The number of carbonyl (C=O) groups excluding carboxylic acids is 2. The first kappa shape index (κ1) is 20.4. The molecule has 1 unspecified atom stereocenters. The minimum Gasteiger partial charge on any atom is -0.352 e. The van der Waals surface area contributed by atoms with Crippen molar-refractivity contribution < 1.29 is 9.59 Å². The number of fused-ring (bicyclic) bond motifs is 1. The molecule has 0 bridgehead atoms. The number of benzene rings is 2. The molecule has 0 spiro atoms. The number of benzodiazepines with no additional fused rings is 1. The summed E-state index contributed by atoms with van der Waals surface area (Å²) in [6, 6.07) is 12.5. The molecule has 2 amide bonds. The standard InChI is InChI=1S/C21H21Cl2N3O2/c1-3-13(2)25-19(27)12-26-18-9-8-14(22)10-16(18)21(24-11-20(26)28)15-6-4-5-7-17(15)23/h4-10,13H,3,11-12H2,1-2H3,(H,25,27). The molecule has 5 nitrogen and oxygen atoms in total. The van der Waals surface area contributed by atoms with E-state index in [1.165, 1.54) is 4.90 Å². The Morgan fingerprint density at radius 2 is 1.96 bits per heavy atom. The first-order valence-electron chi connectivity index (χ1n) is 9.09. The zero-order valence-corrected chi connectivity index (χ0v) is 17.2. The summed E-state index contributed by atoms with van der Waals surface area (Å²) in [5.74, 6) is -0.477. The van der Waals surface area contributed by atoms with Gasteiger partial charge in [-0.15, -0.1) is 0 Å². The highest BCUT2D eigenvalue weighted by Crippen LogP contribution is 2.31. The third kappa shape index (κ3) is 4.37. The second kappa shape index (κ2) is 8.76. The molecular formula is C21H21Cl2N3O2. The van der Waals surface area contributed by atoms with Crippen LogP contribution in [0.3, 0.4) is 0 Å². The molecule has 1 atom stereocenters. The molecular weight excluding hydrogens is 397 g/mol. The Hall–Kier alpha value is -2.37. The van der Waals surface area contributed by atoms with Gasteiger partial charge in [0.1, 0.15) is 13.1 Å². The highest BCUT2D eigenvalue weighted by atomic mass is 35.5. The molecule has 0 aliphatic carbocycles. The molecule has 1 aliphatic heterocycles. The van der Waals surface area contributed by atoms with Crippen LogP contribution in [0.2, 0.25) is 10.0 Å². The zero-order chi connectivity index (χ0) is 20.3. The number of hydrogen-bond acceptors (Lipinski definition) is 3. The van der Waals surface area contributed by atoms with Crippen LogP contribution in [0.15, 0.2) is 47.5 Å². The van der Waals surface area contributed by atoms with E-state index < -0.39 is 0 Å².